The van der Waals surface area contributed by atoms with Gasteiger partial charge in [-0.25, -0.2) is 0 Å². The largest absolute Gasteiger partial charge is 0.416 e. The molecule has 5 nitrogen and oxygen atoms in total. The molecular weight excluding hydrogens is 542 g/mol. The van der Waals surface area contributed by atoms with Crippen molar-refractivity contribution in [3.8, 4) is 5.69 Å². The lowest BCUT2D eigenvalue weighted by atomic mass is 10.0. The minimum atomic E-state index is -5.06. The number of aromatic nitrogens is 3. The summed E-state index contributed by atoms with van der Waals surface area (Å²) in [5.41, 5.74) is -0.0477. The molecule has 12 heteroatoms. The molecule has 0 aliphatic carbocycles. The molecule has 0 radical (unpaired) electrons. The molecule has 4 aromatic rings. The summed E-state index contributed by atoms with van der Waals surface area (Å²) in [5.74, 6) is -0.283. The van der Waals surface area contributed by atoms with E-state index in [1.54, 1.807) is 4.57 Å². The summed E-state index contributed by atoms with van der Waals surface area (Å²) in [4.78, 5) is 12.7. The minimum absolute atomic E-state index is 0.0250. The molecule has 1 amide bonds. The van der Waals surface area contributed by atoms with Crippen LogP contribution in [0.15, 0.2) is 71.9 Å². The third-order valence-electron chi connectivity index (χ3n) is 5.87. The van der Waals surface area contributed by atoms with E-state index in [-0.39, 0.29) is 18.4 Å². The summed E-state index contributed by atoms with van der Waals surface area (Å²) >= 11 is 1.40. The van der Waals surface area contributed by atoms with Crippen molar-refractivity contribution in [1.82, 2.24) is 20.1 Å². The molecule has 0 fully saturated rings. The van der Waals surface area contributed by atoms with E-state index in [4.69, 9.17) is 0 Å². The van der Waals surface area contributed by atoms with Gasteiger partial charge in [0.2, 0.25) is 0 Å². The van der Waals surface area contributed by atoms with Gasteiger partial charge in [0.15, 0.2) is 11.0 Å². The van der Waals surface area contributed by atoms with Gasteiger partial charge in [-0.2, -0.15) is 26.3 Å². The second-order valence-corrected chi connectivity index (χ2v) is 9.70. The van der Waals surface area contributed by atoms with Gasteiger partial charge in [-0.05, 0) is 55.3 Å². The minimum Gasteiger partial charge on any atom is -0.345 e. The highest BCUT2D eigenvalue weighted by molar-refractivity contribution is 7.98. The first kappa shape index (κ1) is 28.2. The molecular formula is C27H22F6N4OS. The summed E-state index contributed by atoms with van der Waals surface area (Å²) in [6.45, 7) is 3.61. The van der Waals surface area contributed by atoms with Gasteiger partial charge in [0, 0.05) is 17.0 Å². The Morgan fingerprint density at radius 2 is 1.49 bits per heavy atom. The zero-order chi connectivity index (χ0) is 28.4. The molecule has 0 aliphatic rings. The Morgan fingerprint density at radius 1 is 0.872 bits per heavy atom. The lowest BCUT2D eigenvalue weighted by molar-refractivity contribution is -0.143. The number of amides is 1. The summed E-state index contributed by atoms with van der Waals surface area (Å²) in [6, 6.07) is 16.0. The molecule has 0 spiro atoms. The van der Waals surface area contributed by atoms with E-state index >= 15 is 0 Å². The number of halogens is 6. The molecule has 1 aromatic heterocycles. The first-order valence-electron chi connectivity index (χ1n) is 11.6. The molecule has 204 valence electrons. The number of carbonyl (C=O) groups excluding carboxylic acids is 1. The number of rotatable bonds is 7. The Balaban J connectivity index is 1.62. The summed E-state index contributed by atoms with van der Waals surface area (Å²) in [5, 5.41) is 11.3. The topological polar surface area (TPSA) is 59.8 Å². The van der Waals surface area contributed by atoms with Crippen LogP contribution < -0.4 is 5.32 Å². The summed E-state index contributed by atoms with van der Waals surface area (Å²) in [7, 11) is 0. The molecule has 0 aliphatic heterocycles. The number of alkyl halides is 6. The van der Waals surface area contributed by atoms with E-state index < -0.39 is 35.0 Å². The Hall–Kier alpha value is -3.80. The number of carbonyl (C=O) groups is 1. The van der Waals surface area contributed by atoms with E-state index in [0.29, 0.717) is 28.7 Å². The first-order chi connectivity index (χ1) is 18.3. The highest BCUT2D eigenvalue weighted by Crippen LogP contribution is 2.36. The first-order valence-corrected chi connectivity index (χ1v) is 12.6. The number of nitrogens with one attached hydrogen (secondary N) is 1. The zero-order valence-electron chi connectivity index (χ0n) is 20.7. The Kier molecular flexibility index (Phi) is 8.05. The van der Waals surface area contributed by atoms with Crippen molar-refractivity contribution < 1.29 is 31.1 Å². The highest BCUT2D eigenvalue weighted by Gasteiger charge is 2.37. The Labute approximate surface area is 224 Å². The highest BCUT2D eigenvalue weighted by atomic mass is 32.2. The molecule has 0 saturated carbocycles. The van der Waals surface area contributed by atoms with E-state index in [1.807, 2.05) is 62.4 Å². The van der Waals surface area contributed by atoms with Crippen molar-refractivity contribution in [2.75, 3.05) is 0 Å². The third-order valence-corrected chi connectivity index (χ3v) is 6.85. The quantitative estimate of drug-likeness (QED) is 0.191. The molecule has 1 heterocycles. The Bertz CT molecular complexity index is 1450. The molecule has 39 heavy (non-hydrogen) atoms. The van der Waals surface area contributed by atoms with Crippen LogP contribution in [0.25, 0.3) is 5.69 Å². The number of aryl methyl sites for hydroxylation is 2. The molecule has 3 aromatic carbocycles. The molecule has 0 saturated heterocycles. The fourth-order valence-electron chi connectivity index (χ4n) is 3.72. The van der Waals surface area contributed by atoms with Crippen LogP contribution in [0.1, 0.15) is 44.0 Å². The fraction of sp³-hybridized carbons (Fsp3) is 0.222. The van der Waals surface area contributed by atoms with Crippen LogP contribution in [0.3, 0.4) is 0 Å². The standard InChI is InChI=1S/C27H22F6N4OS/c1-16-7-9-22(10-8-16)37-23(35-36-25(37)39-15-18-6-4-3-5-17(18)2)14-34-24(38)19-11-20(26(28,29)30)13-21(12-19)27(31,32)33/h3-13H,14-15H2,1-2H3,(H,34,38). The van der Waals surface area contributed by atoms with E-state index in [9.17, 15) is 31.1 Å². The zero-order valence-corrected chi connectivity index (χ0v) is 21.5. The molecule has 0 bridgehead atoms. The summed E-state index contributed by atoms with van der Waals surface area (Å²) in [6.07, 6.45) is -10.1. The van der Waals surface area contributed by atoms with Crippen molar-refractivity contribution in [3.05, 3.63) is 106 Å². The average molecular weight is 565 g/mol. The van der Waals surface area contributed by atoms with Crippen molar-refractivity contribution in [1.29, 1.82) is 0 Å². The monoisotopic (exact) mass is 564 g/mol. The molecule has 0 unspecified atom stereocenters. The van der Waals surface area contributed by atoms with Gasteiger partial charge in [-0.15, -0.1) is 10.2 Å². The predicted octanol–water partition coefficient (Wildman–Crippen LogP) is 7.14. The molecule has 1 N–H and O–H groups in total. The fourth-order valence-corrected chi connectivity index (χ4v) is 4.77. The van der Waals surface area contributed by atoms with Crippen molar-refractivity contribution in [2.24, 2.45) is 0 Å². The summed E-state index contributed by atoms with van der Waals surface area (Å²) < 4.78 is 81.0. The smallest absolute Gasteiger partial charge is 0.345 e. The van der Waals surface area contributed by atoms with Crippen LogP contribution in [0.5, 0.6) is 0 Å². The van der Waals surface area contributed by atoms with Crippen LogP contribution >= 0.6 is 11.8 Å². The van der Waals surface area contributed by atoms with Gasteiger partial charge < -0.3 is 5.32 Å². The van der Waals surface area contributed by atoms with Crippen molar-refractivity contribution in [3.63, 3.8) is 0 Å². The van der Waals surface area contributed by atoms with Gasteiger partial charge in [-0.3, -0.25) is 9.36 Å². The normalized spacial score (nSPS) is 12.0. The number of nitrogens with zero attached hydrogens (tertiary/aromatic N) is 3. The third kappa shape index (κ3) is 6.80. The maximum atomic E-state index is 13.2. The van der Waals surface area contributed by atoms with Crippen molar-refractivity contribution >= 4 is 17.7 Å². The van der Waals surface area contributed by atoms with Crippen molar-refractivity contribution in [2.45, 2.75) is 43.7 Å². The molecule has 4 rings (SSSR count). The lowest BCUT2D eigenvalue weighted by Gasteiger charge is -2.15. The Morgan fingerprint density at radius 3 is 2.08 bits per heavy atom. The van der Waals surface area contributed by atoms with Crippen LogP contribution in [-0.4, -0.2) is 20.7 Å². The van der Waals surface area contributed by atoms with Gasteiger partial charge in [0.05, 0.1) is 17.7 Å². The van der Waals surface area contributed by atoms with Crippen LogP contribution in [-0.2, 0) is 24.7 Å². The van der Waals surface area contributed by atoms with Gasteiger partial charge in [-0.1, -0.05) is 53.7 Å². The SMILES string of the molecule is Cc1ccc(-n2c(CNC(=O)c3cc(C(F)(F)F)cc(C(F)(F)F)c3)nnc2SCc2ccccc2C)cc1. The van der Waals surface area contributed by atoms with E-state index in [1.165, 1.54) is 11.8 Å². The predicted molar refractivity (Wildman–Crippen MR) is 134 cm³/mol. The number of hydrogen-bond acceptors (Lipinski definition) is 4. The maximum absolute atomic E-state index is 13.2. The van der Waals surface area contributed by atoms with Crippen LogP contribution in [0, 0.1) is 13.8 Å². The van der Waals surface area contributed by atoms with Gasteiger partial charge in [0.1, 0.15) is 0 Å². The second kappa shape index (κ2) is 11.1. The van der Waals surface area contributed by atoms with E-state index in [2.05, 4.69) is 15.5 Å². The van der Waals surface area contributed by atoms with Gasteiger partial charge >= 0.3 is 12.4 Å². The van der Waals surface area contributed by atoms with E-state index in [0.717, 1.165) is 16.7 Å². The number of benzene rings is 3. The maximum Gasteiger partial charge on any atom is 0.416 e. The van der Waals surface area contributed by atoms with Crippen LogP contribution in [0.2, 0.25) is 0 Å². The lowest BCUT2D eigenvalue weighted by Crippen LogP contribution is -2.26. The number of hydrogen-bond donors (Lipinski definition) is 1. The molecule has 0 atom stereocenters. The van der Waals surface area contributed by atoms with Crippen LogP contribution in [0.4, 0.5) is 26.3 Å². The average Bonchev–Trinajstić information content (AvgIpc) is 3.28. The second-order valence-electron chi connectivity index (χ2n) is 8.76. The number of thioether (sulfide) groups is 1. The van der Waals surface area contributed by atoms with Gasteiger partial charge in [0.25, 0.3) is 5.91 Å².